The maximum Gasteiger partial charge on any atom is 0.230 e. The number of ether oxygens (including phenoxy) is 1. The van der Waals surface area contributed by atoms with Gasteiger partial charge in [0.1, 0.15) is 5.75 Å². The molecule has 6 bridgehead atoms. The summed E-state index contributed by atoms with van der Waals surface area (Å²) in [5.41, 5.74) is 1.41. The number of amides is 1. The Morgan fingerprint density at radius 1 is 1.32 bits per heavy atom. The Hall–Kier alpha value is -1.89. The molecule has 2 N–H and O–H groups in total. The van der Waals surface area contributed by atoms with Crippen molar-refractivity contribution in [3.05, 3.63) is 35.4 Å². The second-order valence-corrected chi connectivity index (χ2v) is 9.58. The number of anilines is 1. The smallest absolute Gasteiger partial charge is 0.230 e. The summed E-state index contributed by atoms with van der Waals surface area (Å²) in [5, 5.41) is 23.1. The Labute approximate surface area is 163 Å². The first kappa shape index (κ1) is 16.0. The number of likely N-dealkylation sites (N-methyl/N-ethyl adjacent to an activating group) is 1. The molecule has 1 spiro atoms. The third-order valence-electron chi connectivity index (χ3n) is 8.85. The van der Waals surface area contributed by atoms with Gasteiger partial charge in [-0.15, -0.1) is 0 Å². The van der Waals surface area contributed by atoms with Gasteiger partial charge in [-0.2, -0.15) is 0 Å². The molecule has 6 aliphatic rings. The molecule has 0 radical (unpaired) electrons. The standard InChI is InChI=1S/C22H24N2O4/c1-23-7-6-21-13-3-2-4-14(25)18(13)24-16(26)9-15-17(20(21)24)12-10-22(21,27)19(23)11(12)5-8-28-15/h2-5,12,15,17,19-20,25,27H,6-10H2,1H3/t12-,15+,17+,19+,20+,21+,22?/m1/s1. The van der Waals surface area contributed by atoms with Gasteiger partial charge in [-0.25, -0.2) is 0 Å². The van der Waals surface area contributed by atoms with E-state index >= 15 is 0 Å². The highest BCUT2D eigenvalue weighted by Gasteiger charge is 2.79. The van der Waals surface area contributed by atoms with Crippen molar-refractivity contribution in [3.8, 4) is 5.75 Å². The quantitative estimate of drug-likeness (QED) is 0.661. The number of para-hydroxylation sites is 1. The maximum absolute atomic E-state index is 13.3. The second kappa shape index (κ2) is 4.64. The lowest BCUT2D eigenvalue weighted by Gasteiger charge is -2.61. The van der Waals surface area contributed by atoms with Crippen LogP contribution in [0, 0.1) is 11.8 Å². The molecule has 1 aromatic carbocycles. The van der Waals surface area contributed by atoms with Crippen LogP contribution in [0.2, 0.25) is 0 Å². The first-order valence-electron chi connectivity index (χ1n) is 10.4. The van der Waals surface area contributed by atoms with E-state index in [9.17, 15) is 15.0 Å². The van der Waals surface area contributed by atoms with Crippen LogP contribution in [0.4, 0.5) is 5.69 Å². The molecule has 7 atom stereocenters. The number of benzene rings is 1. The minimum absolute atomic E-state index is 0.00898. The van der Waals surface area contributed by atoms with Gasteiger partial charge in [0.2, 0.25) is 5.91 Å². The molecule has 146 valence electrons. The summed E-state index contributed by atoms with van der Waals surface area (Å²) in [7, 11) is 2.10. The monoisotopic (exact) mass is 380 g/mol. The Bertz CT molecular complexity index is 975. The summed E-state index contributed by atoms with van der Waals surface area (Å²) in [5.74, 6) is 0.547. The zero-order valence-corrected chi connectivity index (χ0v) is 15.8. The van der Waals surface area contributed by atoms with Crippen LogP contribution in [0.25, 0.3) is 0 Å². The molecule has 1 aromatic rings. The number of aliphatic hydroxyl groups is 1. The Kier molecular flexibility index (Phi) is 2.64. The number of phenols is 1. The van der Waals surface area contributed by atoms with Crippen LogP contribution in [0.1, 0.15) is 24.8 Å². The van der Waals surface area contributed by atoms with E-state index < -0.39 is 11.0 Å². The number of rotatable bonds is 0. The van der Waals surface area contributed by atoms with Crippen molar-refractivity contribution in [2.24, 2.45) is 11.8 Å². The van der Waals surface area contributed by atoms with E-state index in [4.69, 9.17) is 4.74 Å². The number of nitrogens with zero attached hydrogens (tertiary/aromatic N) is 2. The van der Waals surface area contributed by atoms with E-state index in [-0.39, 0.29) is 41.7 Å². The zero-order chi connectivity index (χ0) is 19.0. The van der Waals surface area contributed by atoms with E-state index in [1.807, 2.05) is 17.0 Å². The first-order chi connectivity index (χ1) is 13.5. The topological polar surface area (TPSA) is 73.2 Å². The van der Waals surface area contributed by atoms with Crippen molar-refractivity contribution in [3.63, 3.8) is 0 Å². The third-order valence-corrected chi connectivity index (χ3v) is 8.85. The van der Waals surface area contributed by atoms with Gasteiger partial charge in [-0.1, -0.05) is 18.2 Å². The van der Waals surface area contributed by atoms with E-state index in [0.29, 0.717) is 25.1 Å². The predicted molar refractivity (Wildman–Crippen MR) is 101 cm³/mol. The van der Waals surface area contributed by atoms with Crippen molar-refractivity contribution < 1.29 is 19.7 Å². The van der Waals surface area contributed by atoms with Crippen molar-refractivity contribution in [1.29, 1.82) is 0 Å². The van der Waals surface area contributed by atoms with Crippen LogP contribution >= 0.6 is 0 Å². The van der Waals surface area contributed by atoms with E-state index in [0.717, 1.165) is 18.5 Å². The Balaban J connectivity index is 1.61. The number of hydrogen-bond donors (Lipinski definition) is 2. The summed E-state index contributed by atoms with van der Waals surface area (Å²) in [6.07, 6.45) is 3.91. The van der Waals surface area contributed by atoms with Crippen LogP contribution in [0.3, 0.4) is 0 Å². The molecule has 0 aromatic heterocycles. The SMILES string of the molecule is CN1CC[C@@]23c4cccc(O)c4N4C(=O)C[C@@H]5OCC=C6[C@@H](CC2(O)[C@H]61)[C@@H]5[C@H]43. The molecule has 1 unspecified atom stereocenters. The van der Waals surface area contributed by atoms with Crippen LogP contribution in [-0.4, -0.2) is 65.0 Å². The van der Waals surface area contributed by atoms with Crippen molar-refractivity contribution in [2.75, 3.05) is 25.1 Å². The van der Waals surface area contributed by atoms with Gasteiger partial charge < -0.3 is 19.8 Å². The average molecular weight is 380 g/mol. The molecule has 4 fully saturated rings. The number of likely N-dealkylation sites (tertiary alicyclic amines) is 1. The number of carbonyl (C=O) groups excluding carboxylic acids is 1. The molecular weight excluding hydrogens is 356 g/mol. The van der Waals surface area contributed by atoms with Gasteiger partial charge in [-0.05, 0) is 49.6 Å². The summed E-state index contributed by atoms with van der Waals surface area (Å²) in [4.78, 5) is 17.5. The second-order valence-electron chi connectivity index (χ2n) is 9.58. The Morgan fingerprint density at radius 3 is 3.04 bits per heavy atom. The third kappa shape index (κ3) is 1.39. The highest BCUT2D eigenvalue weighted by atomic mass is 16.5. The molecule has 4 aliphatic heterocycles. The van der Waals surface area contributed by atoms with Gasteiger partial charge >= 0.3 is 0 Å². The molecule has 2 saturated heterocycles. The molecule has 6 heteroatoms. The molecule has 2 saturated carbocycles. The fourth-order valence-corrected chi connectivity index (χ4v) is 8.15. The summed E-state index contributed by atoms with van der Waals surface area (Å²) in [6.45, 7) is 1.38. The van der Waals surface area contributed by atoms with Gasteiger partial charge in [0.05, 0.1) is 47.9 Å². The predicted octanol–water partition coefficient (Wildman–Crippen LogP) is 1.16. The summed E-state index contributed by atoms with van der Waals surface area (Å²) >= 11 is 0. The van der Waals surface area contributed by atoms with Crippen LogP contribution in [0.15, 0.2) is 29.8 Å². The van der Waals surface area contributed by atoms with Crippen molar-refractivity contribution in [2.45, 2.75) is 48.5 Å². The lowest BCUT2D eigenvalue weighted by Crippen LogP contribution is -2.74. The van der Waals surface area contributed by atoms with E-state index in [1.54, 1.807) is 6.07 Å². The van der Waals surface area contributed by atoms with Crippen LogP contribution in [0.5, 0.6) is 5.75 Å². The Morgan fingerprint density at radius 2 is 2.18 bits per heavy atom. The molecule has 6 nitrogen and oxygen atoms in total. The maximum atomic E-state index is 13.3. The minimum atomic E-state index is -0.936. The normalized spacial score (nSPS) is 47.6. The molecule has 2 aliphatic carbocycles. The fourth-order valence-electron chi connectivity index (χ4n) is 8.15. The number of carbonyl (C=O) groups is 1. The van der Waals surface area contributed by atoms with E-state index in [2.05, 4.69) is 18.0 Å². The lowest BCUT2D eigenvalue weighted by molar-refractivity contribution is -0.163. The number of hydrogen-bond acceptors (Lipinski definition) is 5. The van der Waals surface area contributed by atoms with Crippen molar-refractivity contribution >= 4 is 11.6 Å². The number of phenolic OH excluding ortho intramolecular Hbond substituents is 1. The largest absolute Gasteiger partial charge is 0.506 e. The number of piperidine rings is 2. The minimum Gasteiger partial charge on any atom is -0.506 e. The van der Waals surface area contributed by atoms with Crippen LogP contribution < -0.4 is 4.90 Å². The lowest BCUT2D eigenvalue weighted by atomic mass is 9.51. The van der Waals surface area contributed by atoms with Crippen molar-refractivity contribution in [1.82, 2.24) is 4.90 Å². The zero-order valence-electron chi connectivity index (χ0n) is 15.8. The molecule has 7 rings (SSSR count). The summed E-state index contributed by atoms with van der Waals surface area (Å²) in [6, 6.07) is 5.35. The van der Waals surface area contributed by atoms with Gasteiger partial charge in [-0.3, -0.25) is 9.69 Å². The molecule has 1 amide bonds. The van der Waals surface area contributed by atoms with Gasteiger partial charge in [0, 0.05) is 5.92 Å². The van der Waals surface area contributed by atoms with Gasteiger partial charge in [0.15, 0.2) is 0 Å². The highest BCUT2D eigenvalue weighted by molar-refractivity contribution is 6.01. The summed E-state index contributed by atoms with van der Waals surface area (Å²) < 4.78 is 6.21. The molecular formula is C22H24N2O4. The van der Waals surface area contributed by atoms with Gasteiger partial charge in [0.25, 0.3) is 0 Å². The van der Waals surface area contributed by atoms with E-state index in [1.165, 1.54) is 5.57 Å². The molecule has 28 heavy (non-hydrogen) atoms. The average Bonchev–Trinajstić information content (AvgIpc) is 3.06. The van der Waals surface area contributed by atoms with Crippen LogP contribution in [-0.2, 0) is 14.9 Å². The highest BCUT2D eigenvalue weighted by Crippen LogP contribution is 2.71. The first-order valence-corrected chi connectivity index (χ1v) is 10.4. The number of aromatic hydroxyl groups is 1. The molecule has 4 heterocycles. The fraction of sp³-hybridized carbons (Fsp3) is 0.591. The number of fused-ring (bicyclic) bond motifs is 2.